The zero-order valence-electron chi connectivity index (χ0n) is 11.4. The third-order valence-electron chi connectivity index (χ3n) is 3.32. The lowest BCUT2D eigenvalue weighted by atomic mass is 10.0. The maximum atomic E-state index is 9.02. The molecule has 0 saturated carbocycles. The van der Waals surface area contributed by atoms with Gasteiger partial charge in [-0.2, -0.15) is 5.26 Å². The summed E-state index contributed by atoms with van der Waals surface area (Å²) in [5.41, 5.74) is 2.37. The third-order valence-corrected chi connectivity index (χ3v) is 3.85. The number of nitrogens with zero attached hydrogens (tertiary/aromatic N) is 1. The van der Waals surface area contributed by atoms with Crippen molar-refractivity contribution < 1.29 is 0 Å². The van der Waals surface area contributed by atoms with E-state index in [1.54, 1.807) is 0 Å². The Balaban J connectivity index is 2.12. The Morgan fingerprint density at radius 3 is 2.30 bits per heavy atom. The number of halogens is 1. The van der Waals surface area contributed by atoms with Gasteiger partial charge < -0.3 is 5.32 Å². The van der Waals surface area contributed by atoms with Gasteiger partial charge in [0, 0.05) is 16.6 Å². The number of rotatable bonds is 5. The van der Waals surface area contributed by atoms with E-state index in [0.29, 0.717) is 6.42 Å². The van der Waals surface area contributed by atoms with Gasteiger partial charge >= 0.3 is 0 Å². The van der Waals surface area contributed by atoms with Crippen molar-refractivity contribution in [2.75, 3.05) is 0 Å². The van der Waals surface area contributed by atoms with Crippen molar-refractivity contribution in [1.82, 2.24) is 5.32 Å². The standard InChI is InChI=1S/C17H17BrN2/c1-13(14-7-9-16(18)10-8-14)20-17(11-12-19)15-5-3-2-4-6-15/h2-10,13,17,20H,11H2,1H3/t13-,17?/m1/s1. The highest BCUT2D eigenvalue weighted by Crippen LogP contribution is 2.23. The van der Waals surface area contributed by atoms with Gasteiger partial charge in [-0.25, -0.2) is 0 Å². The predicted molar refractivity (Wildman–Crippen MR) is 85.1 cm³/mol. The van der Waals surface area contributed by atoms with Gasteiger partial charge in [-0.3, -0.25) is 0 Å². The predicted octanol–water partition coefficient (Wildman–Crippen LogP) is 4.75. The molecule has 2 atom stereocenters. The molecule has 0 aromatic heterocycles. The Morgan fingerprint density at radius 2 is 1.70 bits per heavy atom. The van der Waals surface area contributed by atoms with Crippen molar-refractivity contribution in [1.29, 1.82) is 5.26 Å². The minimum atomic E-state index is 0.0554. The van der Waals surface area contributed by atoms with E-state index >= 15 is 0 Å². The van der Waals surface area contributed by atoms with Crippen LogP contribution in [0.15, 0.2) is 59.1 Å². The first-order chi connectivity index (χ1) is 9.70. The van der Waals surface area contributed by atoms with Crippen molar-refractivity contribution in [3.8, 4) is 6.07 Å². The summed E-state index contributed by atoms with van der Waals surface area (Å²) in [4.78, 5) is 0. The average molecular weight is 329 g/mol. The number of nitriles is 1. The minimum absolute atomic E-state index is 0.0554. The van der Waals surface area contributed by atoms with Crippen molar-refractivity contribution in [3.05, 3.63) is 70.2 Å². The molecule has 2 rings (SSSR count). The monoisotopic (exact) mass is 328 g/mol. The lowest BCUT2D eigenvalue weighted by Crippen LogP contribution is -2.24. The molecule has 2 aromatic carbocycles. The third kappa shape index (κ3) is 3.93. The smallest absolute Gasteiger partial charge is 0.0641 e. The molecule has 0 bridgehead atoms. The molecule has 2 aromatic rings. The summed E-state index contributed by atoms with van der Waals surface area (Å²) < 4.78 is 1.07. The Hall–Kier alpha value is -1.63. The van der Waals surface area contributed by atoms with E-state index in [1.807, 2.05) is 30.3 Å². The summed E-state index contributed by atoms with van der Waals surface area (Å²) in [6.45, 7) is 2.12. The summed E-state index contributed by atoms with van der Waals surface area (Å²) in [5, 5.41) is 12.6. The molecule has 1 N–H and O–H groups in total. The highest BCUT2D eigenvalue weighted by molar-refractivity contribution is 9.10. The molecule has 0 saturated heterocycles. The van der Waals surface area contributed by atoms with Gasteiger partial charge in [-0.15, -0.1) is 0 Å². The maximum Gasteiger partial charge on any atom is 0.0641 e. The van der Waals surface area contributed by atoms with Crippen LogP contribution in [0.3, 0.4) is 0 Å². The Labute approximate surface area is 128 Å². The fourth-order valence-electron chi connectivity index (χ4n) is 2.20. The highest BCUT2D eigenvalue weighted by atomic mass is 79.9. The summed E-state index contributed by atoms with van der Waals surface area (Å²) in [5.74, 6) is 0. The number of nitrogens with one attached hydrogen (secondary N) is 1. The van der Waals surface area contributed by atoms with Crippen molar-refractivity contribution in [2.24, 2.45) is 0 Å². The Bertz CT molecular complexity index is 572. The molecule has 0 radical (unpaired) electrons. The second-order valence-electron chi connectivity index (χ2n) is 4.77. The van der Waals surface area contributed by atoms with E-state index in [0.717, 1.165) is 10.0 Å². The van der Waals surface area contributed by atoms with Crippen LogP contribution in [0, 0.1) is 11.3 Å². The van der Waals surface area contributed by atoms with Crippen molar-refractivity contribution >= 4 is 15.9 Å². The van der Waals surface area contributed by atoms with Crippen LogP contribution in [-0.4, -0.2) is 0 Å². The van der Waals surface area contributed by atoms with Gasteiger partial charge in [0.15, 0.2) is 0 Å². The second-order valence-corrected chi connectivity index (χ2v) is 5.68. The zero-order valence-corrected chi connectivity index (χ0v) is 13.0. The number of hydrogen-bond acceptors (Lipinski definition) is 2. The van der Waals surface area contributed by atoms with E-state index in [-0.39, 0.29) is 12.1 Å². The molecule has 3 heteroatoms. The first-order valence-electron chi connectivity index (χ1n) is 6.64. The van der Waals surface area contributed by atoms with E-state index in [9.17, 15) is 0 Å². The van der Waals surface area contributed by atoms with Gasteiger partial charge in [-0.1, -0.05) is 58.4 Å². The molecule has 0 heterocycles. The van der Waals surface area contributed by atoms with Crippen LogP contribution < -0.4 is 5.32 Å². The molecule has 1 unspecified atom stereocenters. The summed E-state index contributed by atoms with van der Waals surface area (Å²) >= 11 is 3.44. The SMILES string of the molecule is C[C@@H](NC(CC#N)c1ccccc1)c1ccc(Br)cc1. The molecular weight excluding hydrogens is 312 g/mol. The first kappa shape index (κ1) is 14.8. The van der Waals surface area contributed by atoms with Crippen LogP contribution in [0.1, 0.15) is 36.6 Å². The molecular formula is C17H17BrN2. The van der Waals surface area contributed by atoms with Crippen LogP contribution in [0.2, 0.25) is 0 Å². The minimum Gasteiger partial charge on any atom is -0.302 e. The van der Waals surface area contributed by atoms with Gasteiger partial charge in [-0.05, 0) is 30.2 Å². The van der Waals surface area contributed by atoms with Crippen LogP contribution in [0.25, 0.3) is 0 Å². The quantitative estimate of drug-likeness (QED) is 0.859. The number of benzene rings is 2. The molecule has 0 aliphatic heterocycles. The highest BCUT2D eigenvalue weighted by Gasteiger charge is 2.14. The van der Waals surface area contributed by atoms with E-state index in [4.69, 9.17) is 5.26 Å². The molecule has 102 valence electrons. The molecule has 0 aliphatic carbocycles. The normalized spacial score (nSPS) is 13.4. The Kier molecular flexibility index (Phi) is 5.34. The molecule has 20 heavy (non-hydrogen) atoms. The van der Waals surface area contributed by atoms with Gasteiger partial charge in [0.1, 0.15) is 0 Å². The topological polar surface area (TPSA) is 35.8 Å². The molecule has 0 aliphatic rings. The molecule has 0 spiro atoms. The maximum absolute atomic E-state index is 9.02. The first-order valence-corrected chi connectivity index (χ1v) is 7.43. The zero-order chi connectivity index (χ0) is 14.4. The fourth-order valence-corrected chi connectivity index (χ4v) is 2.46. The van der Waals surface area contributed by atoms with Crippen molar-refractivity contribution in [3.63, 3.8) is 0 Å². The molecule has 0 fully saturated rings. The van der Waals surface area contributed by atoms with E-state index in [1.165, 1.54) is 5.56 Å². The Morgan fingerprint density at radius 1 is 1.05 bits per heavy atom. The number of hydrogen-bond donors (Lipinski definition) is 1. The molecule has 0 amide bonds. The fraction of sp³-hybridized carbons (Fsp3) is 0.235. The van der Waals surface area contributed by atoms with Crippen molar-refractivity contribution in [2.45, 2.75) is 25.4 Å². The van der Waals surface area contributed by atoms with Gasteiger partial charge in [0.25, 0.3) is 0 Å². The summed E-state index contributed by atoms with van der Waals surface area (Å²) in [6.07, 6.45) is 0.463. The summed E-state index contributed by atoms with van der Waals surface area (Å²) in [7, 11) is 0. The second kappa shape index (κ2) is 7.23. The summed E-state index contributed by atoms with van der Waals surface area (Å²) in [6, 6.07) is 20.9. The average Bonchev–Trinajstić information content (AvgIpc) is 2.48. The lowest BCUT2D eigenvalue weighted by Gasteiger charge is -2.22. The van der Waals surface area contributed by atoms with Crippen LogP contribution in [0.4, 0.5) is 0 Å². The van der Waals surface area contributed by atoms with E-state index < -0.39 is 0 Å². The van der Waals surface area contributed by atoms with Gasteiger partial charge in [0.2, 0.25) is 0 Å². The largest absolute Gasteiger partial charge is 0.302 e. The van der Waals surface area contributed by atoms with Crippen LogP contribution >= 0.6 is 15.9 Å². The molecule has 2 nitrogen and oxygen atoms in total. The van der Waals surface area contributed by atoms with E-state index in [2.05, 4.69) is 58.5 Å². The van der Waals surface area contributed by atoms with Crippen LogP contribution in [0.5, 0.6) is 0 Å². The van der Waals surface area contributed by atoms with Crippen LogP contribution in [-0.2, 0) is 0 Å². The van der Waals surface area contributed by atoms with Gasteiger partial charge in [0.05, 0.1) is 12.5 Å². The lowest BCUT2D eigenvalue weighted by molar-refractivity contribution is 0.472.